The van der Waals surface area contributed by atoms with Crippen molar-refractivity contribution in [2.75, 3.05) is 5.88 Å². The van der Waals surface area contributed by atoms with Gasteiger partial charge in [-0.3, -0.25) is 4.79 Å². The van der Waals surface area contributed by atoms with Crippen molar-refractivity contribution in [2.24, 2.45) is 0 Å². The zero-order valence-corrected chi connectivity index (χ0v) is 7.40. The summed E-state index contributed by atoms with van der Waals surface area (Å²) in [6, 6.07) is 1.51. The second-order valence-electron chi connectivity index (χ2n) is 2.33. The van der Waals surface area contributed by atoms with Crippen molar-refractivity contribution in [3.8, 4) is 11.8 Å². The van der Waals surface area contributed by atoms with Crippen molar-refractivity contribution in [1.29, 1.82) is 0 Å². The molecule has 0 unspecified atom stereocenters. The quantitative estimate of drug-likeness (QED) is 0.475. The molecular formula is C9H8ClNO. The topological polar surface area (TPSA) is 32.9 Å². The highest BCUT2D eigenvalue weighted by atomic mass is 35.5. The van der Waals surface area contributed by atoms with E-state index in [1.807, 2.05) is 6.92 Å². The highest BCUT2D eigenvalue weighted by Crippen LogP contribution is 1.99. The van der Waals surface area contributed by atoms with E-state index in [9.17, 15) is 4.79 Å². The van der Waals surface area contributed by atoms with E-state index in [2.05, 4.69) is 16.8 Å². The number of aromatic nitrogens is 1. The minimum atomic E-state index is -0.107. The summed E-state index contributed by atoms with van der Waals surface area (Å²) in [7, 11) is 0. The summed E-state index contributed by atoms with van der Waals surface area (Å²) in [6.45, 7) is 1.84. The van der Waals surface area contributed by atoms with Crippen LogP contribution in [-0.4, -0.2) is 10.9 Å². The predicted octanol–water partition coefficient (Wildman–Crippen LogP) is 1.27. The van der Waals surface area contributed by atoms with E-state index in [0.29, 0.717) is 5.88 Å². The van der Waals surface area contributed by atoms with Crippen LogP contribution in [0.5, 0.6) is 0 Å². The SMILES string of the molecule is Cc1cc(=O)[nH]cc1C#CCCl. The van der Waals surface area contributed by atoms with Gasteiger partial charge in [0.1, 0.15) is 0 Å². The first-order valence-corrected chi connectivity index (χ1v) is 4.01. The Bertz CT molecular complexity index is 383. The van der Waals surface area contributed by atoms with Gasteiger partial charge in [0.25, 0.3) is 0 Å². The fraction of sp³-hybridized carbons (Fsp3) is 0.222. The fourth-order valence-corrected chi connectivity index (χ4v) is 0.903. The minimum Gasteiger partial charge on any atom is -0.328 e. The second-order valence-corrected chi connectivity index (χ2v) is 2.60. The van der Waals surface area contributed by atoms with Gasteiger partial charge in [-0.15, -0.1) is 11.6 Å². The lowest BCUT2D eigenvalue weighted by atomic mass is 10.2. The van der Waals surface area contributed by atoms with E-state index in [1.165, 1.54) is 6.07 Å². The third kappa shape index (κ3) is 2.14. The van der Waals surface area contributed by atoms with Gasteiger partial charge in [-0.25, -0.2) is 0 Å². The lowest BCUT2D eigenvalue weighted by Gasteiger charge is -1.93. The summed E-state index contributed by atoms with van der Waals surface area (Å²) in [5.74, 6) is 5.86. The average Bonchev–Trinajstić information content (AvgIpc) is 2.03. The van der Waals surface area contributed by atoms with Gasteiger partial charge in [-0.2, -0.15) is 0 Å². The number of aryl methyl sites for hydroxylation is 1. The Morgan fingerprint density at radius 1 is 1.67 bits per heavy atom. The number of alkyl halides is 1. The van der Waals surface area contributed by atoms with E-state index in [0.717, 1.165) is 11.1 Å². The Labute approximate surface area is 75.6 Å². The molecule has 0 fully saturated rings. The molecule has 0 aromatic carbocycles. The summed E-state index contributed by atoms with van der Waals surface area (Å²) >= 11 is 5.39. The molecule has 3 heteroatoms. The van der Waals surface area contributed by atoms with Gasteiger partial charge in [0, 0.05) is 17.8 Å². The van der Waals surface area contributed by atoms with Crippen molar-refractivity contribution in [3.63, 3.8) is 0 Å². The Kier molecular flexibility index (Phi) is 2.95. The molecule has 0 saturated heterocycles. The lowest BCUT2D eigenvalue weighted by molar-refractivity contribution is 1.19. The molecule has 0 radical (unpaired) electrons. The second kappa shape index (κ2) is 3.99. The third-order valence-corrected chi connectivity index (χ3v) is 1.55. The van der Waals surface area contributed by atoms with Crippen LogP contribution in [0.2, 0.25) is 0 Å². The van der Waals surface area contributed by atoms with Crippen LogP contribution in [0.15, 0.2) is 17.1 Å². The summed E-state index contributed by atoms with van der Waals surface area (Å²) in [4.78, 5) is 13.3. The van der Waals surface area contributed by atoms with Crippen LogP contribution < -0.4 is 5.56 Å². The van der Waals surface area contributed by atoms with Crippen molar-refractivity contribution < 1.29 is 0 Å². The van der Waals surface area contributed by atoms with Crippen molar-refractivity contribution in [1.82, 2.24) is 4.98 Å². The molecule has 0 aliphatic heterocycles. The van der Waals surface area contributed by atoms with Crippen LogP contribution in [-0.2, 0) is 0 Å². The number of aromatic amines is 1. The number of halogens is 1. The van der Waals surface area contributed by atoms with Gasteiger partial charge in [-0.1, -0.05) is 11.8 Å². The molecule has 1 aromatic heterocycles. The van der Waals surface area contributed by atoms with E-state index >= 15 is 0 Å². The molecule has 1 aromatic rings. The zero-order chi connectivity index (χ0) is 8.97. The molecule has 0 aliphatic rings. The van der Waals surface area contributed by atoms with Crippen molar-refractivity contribution in [3.05, 3.63) is 33.7 Å². The molecule has 0 saturated carbocycles. The summed E-state index contributed by atoms with van der Waals surface area (Å²) in [5.41, 5.74) is 1.58. The van der Waals surface area contributed by atoms with Crippen molar-refractivity contribution in [2.45, 2.75) is 6.92 Å². The normalized spacial score (nSPS) is 8.83. The summed E-state index contributed by atoms with van der Waals surface area (Å²) in [6.07, 6.45) is 1.59. The smallest absolute Gasteiger partial charge is 0.248 e. The van der Waals surface area contributed by atoms with Crippen LogP contribution in [0.3, 0.4) is 0 Å². The van der Waals surface area contributed by atoms with E-state index < -0.39 is 0 Å². The molecule has 1 heterocycles. The Morgan fingerprint density at radius 3 is 3.00 bits per heavy atom. The van der Waals surface area contributed by atoms with Gasteiger partial charge in [0.05, 0.1) is 5.88 Å². The molecule has 0 atom stereocenters. The Hall–Kier alpha value is -1.20. The standard InChI is InChI=1S/C9H8ClNO/c1-7-5-9(12)11-6-8(7)3-2-4-10/h5-6H,4H2,1H3,(H,11,12). The minimum absolute atomic E-state index is 0.107. The Balaban J connectivity index is 3.10. The monoisotopic (exact) mass is 181 g/mol. The first-order chi connectivity index (χ1) is 5.74. The molecule has 62 valence electrons. The van der Waals surface area contributed by atoms with Crippen LogP contribution in [0.1, 0.15) is 11.1 Å². The number of H-pyrrole nitrogens is 1. The highest BCUT2D eigenvalue weighted by Gasteiger charge is 1.93. The number of nitrogens with one attached hydrogen (secondary N) is 1. The number of hydrogen-bond donors (Lipinski definition) is 1. The highest BCUT2D eigenvalue weighted by molar-refractivity contribution is 6.19. The maximum absolute atomic E-state index is 10.8. The maximum Gasteiger partial charge on any atom is 0.248 e. The molecule has 2 nitrogen and oxygen atoms in total. The third-order valence-electron chi connectivity index (χ3n) is 1.42. The molecule has 0 spiro atoms. The molecule has 12 heavy (non-hydrogen) atoms. The van der Waals surface area contributed by atoms with Gasteiger partial charge in [0.15, 0.2) is 0 Å². The fourth-order valence-electron chi connectivity index (χ4n) is 0.836. The zero-order valence-electron chi connectivity index (χ0n) is 6.65. The number of pyridine rings is 1. The first kappa shape index (κ1) is 8.89. The summed E-state index contributed by atoms with van der Waals surface area (Å²) in [5, 5.41) is 0. The van der Waals surface area contributed by atoms with E-state index in [1.54, 1.807) is 6.20 Å². The van der Waals surface area contributed by atoms with E-state index in [4.69, 9.17) is 11.6 Å². The predicted molar refractivity (Wildman–Crippen MR) is 49.4 cm³/mol. The molecule has 1 N–H and O–H groups in total. The van der Waals surface area contributed by atoms with Crippen molar-refractivity contribution >= 4 is 11.6 Å². The molecular weight excluding hydrogens is 174 g/mol. The molecule has 0 aliphatic carbocycles. The molecule has 0 bridgehead atoms. The van der Waals surface area contributed by atoms with Gasteiger partial charge < -0.3 is 4.98 Å². The molecule has 0 amide bonds. The lowest BCUT2D eigenvalue weighted by Crippen LogP contribution is -2.04. The van der Waals surface area contributed by atoms with E-state index in [-0.39, 0.29) is 5.56 Å². The van der Waals surface area contributed by atoms with Crippen LogP contribution in [0.4, 0.5) is 0 Å². The van der Waals surface area contributed by atoms with Crippen LogP contribution in [0.25, 0.3) is 0 Å². The summed E-state index contributed by atoms with van der Waals surface area (Å²) < 4.78 is 0. The van der Waals surface area contributed by atoms with Gasteiger partial charge in [-0.05, 0) is 12.5 Å². The number of rotatable bonds is 0. The maximum atomic E-state index is 10.8. The van der Waals surface area contributed by atoms with Crippen LogP contribution in [0, 0.1) is 18.8 Å². The largest absolute Gasteiger partial charge is 0.328 e. The van der Waals surface area contributed by atoms with Crippen LogP contribution >= 0.6 is 11.6 Å². The molecule has 1 rings (SSSR count). The Morgan fingerprint density at radius 2 is 2.42 bits per heavy atom. The van der Waals surface area contributed by atoms with Gasteiger partial charge >= 0.3 is 0 Å². The van der Waals surface area contributed by atoms with Gasteiger partial charge in [0.2, 0.25) is 5.56 Å². The number of hydrogen-bond acceptors (Lipinski definition) is 1. The average molecular weight is 182 g/mol. The first-order valence-electron chi connectivity index (χ1n) is 3.48.